The van der Waals surface area contributed by atoms with Crippen molar-refractivity contribution >= 4 is 37.1 Å². The van der Waals surface area contributed by atoms with Gasteiger partial charge in [-0.15, -0.1) is 0 Å². The number of alkyl halides is 24. The van der Waals surface area contributed by atoms with Gasteiger partial charge in [-0.05, 0) is 110 Å². The lowest BCUT2D eigenvalue weighted by atomic mass is 10.1. The fraction of sp³-hybridized carbons (Fsp3) is 0.294. The molecule has 0 bridgehead atoms. The topological polar surface area (TPSA) is 0 Å². The molecule has 0 aromatic heterocycles. The molecule has 330 valence electrons. The van der Waals surface area contributed by atoms with Gasteiger partial charge < -0.3 is 0 Å². The summed E-state index contributed by atoms with van der Waals surface area (Å²) in [6.07, 6.45) is -46.8. The third-order valence-electron chi connectivity index (χ3n) is 8.15. The zero-order chi connectivity index (χ0) is 46.1. The first kappa shape index (κ1) is 48.7. The molecule has 0 heterocycles. The maximum absolute atomic E-state index is 14.1. The Labute approximate surface area is 321 Å². The molecular formula is C34H16F24P2. The van der Waals surface area contributed by atoms with Crippen LogP contribution >= 0.6 is 15.8 Å². The third kappa shape index (κ3) is 11.3. The predicted octanol–water partition coefficient (Wildman–Crippen LogP) is 13.7. The van der Waals surface area contributed by atoms with Gasteiger partial charge in [-0.3, -0.25) is 0 Å². The second-order valence-corrected chi connectivity index (χ2v) is 17.9. The van der Waals surface area contributed by atoms with Crippen LogP contribution in [0.1, 0.15) is 51.4 Å². The summed E-state index contributed by atoms with van der Waals surface area (Å²) in [7, 11) is -8.00. The van der Waals surface area contributed by atoms with E-state index in [1.807, 2.05) is 0 Å². The fourth-order valence-corrected chi connectivity index (χ4v) is 12.7. The molecule has 0 saturated carbocycles. The average Bonchev–Trinajstić information content (AvgIpc) is 3.05. The summed E-state index contributed by atoms with van der Waals surface area (Å²) in [5, 5.41) is -8.81. The maximum Gasteiger partial charge on any atom is 0.416 e. The second-order valence-electron chi connectivity index (χ2n) is 12.4. The van der Waals surface area contributed by atoms with E-state index in [-0.39, 0.29) is 48.5 Å². The van der Waals surface area contributed by atoms with Crippen LogP contribution < -0.4 is 21.2 Å². The maximum atomic E-state index is 14.1. The lowest BCUT2D eigenvalue weighted by molar-refractivity contribution is -0.144. The zero-order valence-corrected chi connectivity index (χ0v) is 30.3. The van der Waals surface area contributed by atoms with E-state index in [0.717, 1.165) is 0 Å². The third-order valence-corrected chi connectivity index (χ3v) is 14.3. The van der Waals surface area contributed by atoms with Crippen LogP contribution in [0.15, 0.2) is 72.8 Å². The van der Waals surface area contributed by atoms with Gasteiger partial charge in [0.25, 0.3) is 0 Å². The summed E-state index contributed by atoms with van der Waals surface area (Å²) >= 11 is 0. The van der Waals surface area contributed by atoms with Crippen molar-refractivity contribution < 1.29 is 105 Å². The molecular weight excluding hydrogens is 926 g/mol. The molecule has 0 aliphatic carbocycles. The first-order valence-corrected chi connectivity index (χ1v) is 18.3. The van der Waals surface area contributed by atoms with E-state index in [9.17, 15) is 105 Å². The molecule has 26 heteroatoms. The van der Waals surface area contributed by atoms with Crippen LogP contribution in [0.25, 0.3) is 0 Å². The Morgan fingerprint density at radius 2 is 0.367 bits per heavy atom. The standard InChI is InChI=1S/C34H16F24P2/c1-14(59(23-6-15(27(35,36)37)2-16(7-23)28(38,39)40)24-8-17(29(41,42)43)3-18(9-24)30(44,45)46)60(25-10-19(31(47,48)49)4-20(11-25)32(50,51)52)26-12-21(33(53,54)55)5-22(13-26)34(56,57)58/h2-14H,1H3. The highest BCUT2D eigenvalue weighted by Gasteiger charge is 2.45. The highest BCUT2D eigenvalue weighted by molar-refractivity contribution is 7.89. The molecule has 0 unspecified atom stereocenters. The lowest BCUT2D eigenvalue weighted by Crippen LogP contribution is -2.30. The summed E-state index contributed by atoms with van der Waals surface area (Å²) in [5.41, 5.74) is -18.6. The number of hydrogen-bond acceptors (Lipinski definition) is 0. The van der Waals surface area contributed by atoms with Gasteiger partial charge in [0.15, 0.2) is 0 Å². The molecule has 4 aromatic rings. The quantitative estimate of drug-likeness (QED) is 0.133. The van der Waals surface area contributed by atoms with Crippen molar-refractivity contribution in [1.82, 2.24) is 0 Å². The van der Waals surface area contributed by atoms with Gasteiger partial charge in [0.05, 0.1) is 44.5 Å². The van der Waals surface area contributed by atoms with Crippen LogP contribution in [0, 0.1) is 0 Å². The Bertz CT molecular complexity index is 1760. The molecule has 0 saturated heterocycles. The highest BCUT2D eigenvalue weighted by atomic mass is 31.2. The zero-order valence-electron chi connectivity index (χ0n) is 28.5. The molecule has 0 fully saturated rings. The normalized spacial score (nSPS) is 14.2. The summed E-state index contributed by atoms with van der Waals surface area (Å²) in [6, 6.07) is -4.61. The molecule has 0 aliphatic rings. The molecule has 0 nitrogen and oxygen atoms in total. The van der Waals surface area contributed by atoms with Crippen molar-refractivity contribution in [2.75, 3.05) is 0 Å². The highest BCUT2D eigenvalue weighted by Crippen LogP contribution is 2.58. The Kier molecular flexibility index (Phi) is 12.8. The van der Waals surface area contributed by atoms with Crippen molar-refractivity contribution in [3.8, 4) is 0 Å². The van der Waals surface area contributed by atoms with Crippen LogP contribution in [-0.2, 0) is 49.4 Å². The van der Waals surface area contributed by atoms with Gasteiger partial charge >= 0.3 is 49.4 Å². The van der Waals surface area contributed by atoms with Crippen LogP contribution in [-0.4, -0.2) is 5.40 Å². The SMILES string of the molecule is CC(P(c1cc(C(F)(F)F)cc(C(F)(F)F)c1)c1cc(C(F)(F)F)cc(C(F)(F)F)c1)P(c1cc(C(F)(F)F)cc(C(F)(F)F)c1)c1cc(C(F)(F)F)cc(C(F)(F)F)c1. The van der Waals surface area contributed by atoms with E-state index in [1.165, 1.54) is 0 Å². The van der Waals surface area contributed by atoms with Gasteiger partial charge in [-0.25, -0.2) is 0 Å². The molecule has 0 spiro atoms. The molecule has 0 N–H and O–H groups in total. The van der Waals surface area contributed by atoms with Crippen LogP contribution in [0.3, 0.4) is 0 Å². The van der Waals surface area contributed by atoms with Crippen LogP contribution in [0.4, 0.5) is 105 Å². The summed E-state index contributed by atoms with van der Waals surface area (Å²) in [5.74, 6) is 0. The summed E-state index contributed by atoms with van der Waals surface area (Å²) in [6.45, 7) is 0.402. The van der Waals surface area contributed by atoms with Crippen molar-refractivity contribution in [3.63, 3.8) is 0 Å². The summed E-state index contributed by atoms with van der Waals surface area (Å²) in [4.78, 5) is 0. The molecule has 0 atom stereocenters. The molecule has 0 aliphatic heterocycles. The second kappa shape index (κ2) is 15.8. The monoisotopic (exact) mass is 942 g/mol. The smallest absolute Gasteiger partial charge is 0.166 e. The van der Waals surface area contributed by atoms with Gasteiger partial charge in [-0.2, -0.15) is 105 Å². The van der Waals surface area contributed by atoms with Crippen molar-refractivity contribution in [2.24, 2.45) is 0 Å². The molecule has 60 heavy (non-hydrogen) atoms. The fourth-order valence-electron chi connectivity index (χ4n) is 5.59. The predicted molar refractivity (Wildman–Crippen MR) is 168 cm³/mol. The summed E-state index contributed by atoms with van der Waals surface area (Å²) < 4.78 is 338. The minimum absolute atomic E-state index is 0.279. The van der Waals surface area contributed by atoms with E-state index >= 15 is 0 Å². The average molecular weight is 942 g/mol. The molecule has 0 radical (unpaired) electrons. The van der Waals surface area contributed by atoms with Gasteiger partial charge in [0.1, 0.15) is 0 Å². The van der Waals surface area contributed by atoms with Crippen molar-refractivity contribution in [1.29, 1.82) is 0 Å². The number of halogens is 24. The Balaban J connectivity index is 2.34. The minimum Gasteiger partial charge on any atom is -0.166 e. The Hall–Kier alpha value is -3.94. The number of hydrogen-bond donors (Lipinski definition) is 0. The first-order valence-electron chi connectivity index (χ1n) is 15.5. The number of benzene rings is 4. The molecule has 0 amide bonds. The van der Waals surface area contributed by atoms with Crippen LogP contribution in [0.2, 0.25) is 0 Å². The Morgan fingerprint density at radius 1 is 0.250 bits per heavy atom. The van der Waals surface area contributed by atoms with E-state index in [0.29, 0.717) is 6.92 Å². The van der Waals surface area contributed by atoms with E-state index in [4.69, 9.17) is 0 Å². The van der Waals surface area contributed by atoms with E-state index in [2.05, 4.69) is 0 Å². The van der Waals surface area contributed by atoms with Gasteiger partial charge in [-0.1, -0.05) is 6.92 Å². The van der Waals surface area contributed by atoms with E-state index in [1.54, 1.807) is 0 Å². The molecule has 4 rings (SSSR count). The molecule has 4 aromatic carbocycles. The Morgan fingerprint density at radius 3 is 0.467 bits per heavy atom. The van der Waals surface area contributed by atoms with Crippen molar-refractivity contribution in [2.45, 2.75) is 61.7 Å². The minimum atomic E-state index is -5.85. The lowest BCUT2D eigenvalue weighted by Gasteiger charge is -2.35. The van der Waals surface area contributed by atoms with Crippen LogP contribution in [0.5, 0.6) is 0 Å². The van der Waals surface area contributed by atoms with Crippen molar-refractivity contribution in [3.05, 3.63) is 117 Å². The largest absolute Gasteiger partial charge is 0.416 e. The van der Waals surface area contributed by atoms with E-state index < -0.39 is 161 Å². The number of rotatable bonds is 6. The first-order chi connectivity index (χ1) is 26.7. The van der Waals surface area contributed by atoms with Gasteiger partial charge in [0.2, 0.25) is 0 Å². The van der Waals surface area contributed by atoms with Gasteiger partial charge in [0, 0.05) is 5.40 Å².